The summed E-state index contributed by atoms with van der Waals surface area (Å²) in [5.41, 5.74) is 8.81. The normalized spacial score (nSPS) is 19.9. The van der Waals surface area contributed by atoms with Crippen molar-refractivity contribution < 1.29 is 4.39 Å². The highest BCUT2D eigenvalue weighted by Crippen LogP contribution is 2.31. The zero-order valence-corrected chi connectivity index (χ0v) is 15.9. The molecular formula is C20H25FN6. The zero-order chi connectivity index (χ0) is 19.1. The molecule has 0 spiro atoms. The lowest BCUT2D eigenvalue weighted by Crippen LogP contribution is -2.21. The van der Waals surface area contributed by atoms with Gasteiger partial charge in [0.25, 0.3) is 0 Å². The molecular weight excluding hydrogens is 343 g/mol. The van der Waals surface area contributed by atoms with Crippen LogP contribution in [0.3, 0.4) is 0 Å². The SMILES string of the molecule is CC(C)c1c2cc(-c3ccnc(NC4CCC(N)C4)n3)cc(F)c2nn1C. The van der Waals surface area contributed by atoms with E-state index in [9.17, 15) is 4.39 Å². The number of fused-ring (bicyclic) bond motifs is 1. The second kappa shape index (κ2) is 6.88. The van der Waals surface area contributed by atoms with Gasteiger partial charge in [-0.25, -0.2) is 14.4 Å². The fourth-order valence-electron chi connectivity index (χ4n) is 4.03. The molecule has 1 aromatic carbocycles. The Morgan fingerprint density at radius 1 is 1.30 bits per heavy atom. The molecule has 1 aliphatic carbocycles. The number of halogens is 1. The summed E-state index contributed by atoms with van der Waals surface area (Å²) >= 11 is 0. The molecule has 0 saturated heterocycles. The third kappa shape index (κ3) is 3.39. The summed E-state index contributed by atoms with van der Waals surface area (Å²) in [5, 5.41) is 8.53. The van der Waals surface area contributed by atoms with E-state index in [0.29, 0.717) is 23.2 Å². The summed E-state index contributed by atoms with van der Waals surface area (Å²) in [6, 6.07) is 5.80. The molecule has 0 amide bonds. The first-order chi connectivity index (χ1) is 12.9. The van der Waals surface area contributed by atoms with Crippen molar-refractivity contribution in [3.63, 3.8) is 0 Å². The van der Waals surface area contributed by atoms with Crippen LogP contribution in [0.25, 0.3) is 22.2 Å². The van der Waals surface area contributed by atoms with E-state index in [0.717, 1.165) is 35.9 Å². The number of anilines is 1. The van der Waals surface area contributed by atoms with E-state index in [1.165, 1.54) is 6.07 Å². The minimum Gasteiger partial charge on any atom is -0.351 e. The Morgan fingerprint density at radius 2 is 2.11 bits per heavy atom. The van der Waals surface area contributed by atoms with E-state index in [4.69, 9.17) is 5.73 Å². The van der Waals surface area contributed by atoms with Gasteiger partial charge in [0, 0.05) is 42.0 Å². The maximum atomic E-state index is 14.7. The van der Waals surface area contributed by atoms with Crippen molar-refractivity contribution in [3.05, 3.63) is 35.9 Å². The van der Waals surface area contributed by atoms with E-state index in [1.54, 1.807) is 16.9 Å². The van der Waals surface area contributed by atoms with E-state index in [1.807, 2.05) is 13.1 Å². The van der Waals surface area contributed by atoms with Crippen LogP contribution in [0.4, 0.5) is 10.3 Å². The Kier molecular flexibility index (Phi) is 4.55. The highest BCUT2D eigenvalue weighted by molar-refractivity contribution is 5.87. The predicted octanol–water partition coefficient (Wildman–Crippen LogP) is 3.58. The van der Waals surface area contributed by atoms with Gasteiger partial charge in [0.1, 0.15) is 5.52 Å². The Bertz CT molecular complexity index is 980. The number of benzene rings is 1. The van der Waals surface area contributed by atoms with Crippen molar-refractivity contribution >= 4 is 16.9 Å². The van der Waals surface area contributed by atoms with Crippen molar-refractivity contribution in [2.75, 3.05) is 5.32 Å². The second-order valence-electron chi connectivity index (χ2n) is 7.70. The molecule has 2 atom stereocenters. The van der Waals surface area contributed by atoms with Crippen LogP contribution in [0.1, 0.15) is 44.7 Å². The summed E-state index contributed by atoms with van der Waals surface area (Å²) in [6.07, 6.45) is 4.65. The van der Waals surface area contributed by atoms with Gasteiger partial charge >= 0.3 is 0 Å². The third-order valence-electron chi connectivity index (χ3n) is 5.24. The van der Waals surface area contributed by atoms with Crippen molar-refractivity contribution in [2.24, 2.45) is 12.8 Å². The molecule has 7 heteroatoms. The van der Waals surface area contributed by atoms with E-state index < -0.39 is 0 Å². The van der Waals surface area contributed by atoms with Gasteiger partial charge in [0.15, 0.2) is 5.82 Å². The molecule has 0 radical (unpaired) electrons. The summed E-state index contributed by atoms with van der Waals surface area (Å²) in [7, 11) is 1.85. The van der Waals surface area contributed by atoms with Crippen LogP contribution in [0.15, 0.2) is 24.4 Å². The molecule has 3 N–H and O–H groups in total. The minimum atomic E-state index is -0.333. The van der Waals surface area contributed by atoms with Crippen LogP contribution < -0.4 is 11.1 Å². The van der Waals surface area contributed by atoms with Crippen LogP contribution in [-0.4, -0.2) is 31.8 Å². The zero-order valence-electron chi connectivity index (χ0n) is 15.9. The Hall–Kier alpha value is -2.54. The predicted molar refractivity (Wildman–Crippen MR) is 105 cm³/mol. The molecule has 2 aromatic heterocycles. The van der Waals surface area contributed by atoms with Gasteiger partial charge in [-0.15, -0.1) is 0 Å². The Labute approximate surface area is 158 Å². The fourth-order valence-corrected chi connectivity index (χ4v) is 4.03. The van der Waals surface area contributed by atoms with Gasteiger partial charge in [0.05, 0.1) is 5.69 Å². The quantitative estimate of drug-likeness (QED) is 0.735. The summed E-state index contributed by atoms with van der Waals surface area (Å²) in [4.78, 5) is 8.92. The van der Waals surface area contributed by atoms with Crippen LogP contribution >= 0.6 is 0 Å². The van der Waals surface area contributed by atoms with E-state index in [-0.39, 0.29) is 17.8 Å². The lowest BCUT2D eigenvalue weighted by atomic mass is 10.0. The first kappa shape index (κ1) is 17.9. The average molecular weight is 368 g/mol. The lowest BCUT2D eigenvalue weighted by Gasteiger charge is -2.13. The first-order valence-electron chi connectivity index (χ1n) is 9.44. The van der Waals surface area contributed by atoms with Crippen LogP contribution in [0.2, 0.25) is 0 Å². The van der Waals surface area contributed by atoms with Crippen molar-refractivity contribution in [2.45, 2.75) is 51.1 Å². The molecule has 2 unspecified atom stereocenters. The number of hydrogen-bond acceptors (Lipinski definition) is 5. The molecule has 3 aromatic rings. The van der Waals surface area contributed by atoms with Crippen molar-refractivity contribution in [1.82, 2.24) is 19.7 Å². The Balaban J connectivity index is 1.71. The van der Waals surface area contributed by atoms with E-state index in [2.05, 4.69) is 34.2 Å². The van der Waals surface area contributed by atoms with Gasteiger partial charge in [-0.3, -0.25) is 4.68 Å². The monoisotopic (exact) mass is 368 g/mol. The van der Waals surface area contributed by atoms with Crippen molar-refractivity contribution in [1.29, 1.82) is 0 Å². The number of nitrogens with two attached hydrogens (primary N) is 1. The largest absolute Gasteiger partial charge is 0.351 e. The second-order valence-corrected chi connectivity index (χ2v) is 7.70. The smallest absolute Gasteiger partial charge is 0.223 e. The maximum absolute atomic E-state index is 14.7. The molecule has 4 rings (SSSR count). The molecule has 0 bridgehead atoms. The van der Waals surface area contributed by atoms with Gasteiger partial charge in [-0.2, -0.15) is 5.10 Å². The molecule has 0 aliphatic heterocycles. The average Bonchev–Trinajstić information content (AvgIpc) is 3.17. The third-order valence-corrected chi connectivity index (χ3v) is 5.24. The Morgan fingerprint density at radius 3 is 2.81 bits per heavy atom. The number of rotatable bonds is 4. The molecule has 1 fully saturated rings. The molecule has 6 nitrogen and oxygen atoms in total. The topological polar surface area (TPSA) is 81.7 Å². The highest BCUT2D eigenvalue weighted by atomic mass is 19.1. The summed E-state index contributed by atoms with van der Waals surface area (Å²) < 4.78 is 16.5. The summed E-state index contributed by atoms with van der Waals surface area (Å²) in [6.45, 7) is 4.17. The number of nitrogens with one attached hydrogen (secondary N) is 1. The highest BCUT2D eigenvalue weighted by Gasteiger charge is 2.22. The number of hydrogen-bond donors (Lipinski definition) is 2. The molecule has 27 heavy (non-hydrogen) atoms. The lowest BCUT2D eigenvalue weighted by molar-refractivity contribution is 0.629. The number of aryl methyl sites for hydroxylation is 1. The van der Waals surface area contributed by atoms with Gasteiger partial charge in [-0.1, -0.05) is 13.8 Å². The molecule has 2 heterocycles. The molecule has 1 saturated carbocycles. The number of aromatic nitrogens is 4. The standard InChI is InChI=1S/C20H25FN6/c1-11(2)19-15-8-12(9-16(21)18(15)26-27(19)3)17-6-7-23-20(25-17)24-14-5-4-13(22)10-14/h6-9,11,13-14H,4-5,10,22H2,1-3H3,(H,23,24,25). The fraction of sp³-hybridized carbons (Fsp3) is 0.450. The minimum absolute atomic E-state index is 0.238. The maximum Gasteiger partial charge on any atom is 0.223 e. The van der Waals surface area contributed by atoms with Gasteiger partial charge in [-0.05, 0) is 43.4 Å². The summed E-state index contributed by atoms with van der Waals surface area (Å²) in [5.74, 6) is 0.464. The first-order valence-corrected chi connectivity index (χ1v) is 9.44. The van der Waals surface area contributed by atoms with Crippen molar-refractivity contribution in [3.8, 4) is 11.3 Å². The molecule has 1 aliphatic rings. The van der Waals surface area contributed by atoms with Crippen LogP contribution in [0.5, 0.6) is 0 Å². The van der Waals surface area contributed by atoms with Gasteiger partial charge < -0.3 is 11.1 Å². The van der Waals surface area contributed by atoms with Gasteiger partial charge in [0.2, 0.25) is 5.95 Å². The van der Waals surface area contributed by atoms with Crippen LogP contribution in [0, 0.1) is 5.82 Å². The van der Waals surface area contributed by atoms with E-state index >= 15 is 0 Å². The van der Waals surface area contributed by atoms with Crippen LogP contribution in [-0.2, 0) is 7.05 Å². The molecule has 142 valence electrons. The number of nitrogens with zero attached hydrogens (tertiary/aromatic N) is 4.